The van der Waals surface area contributed by atoms with Crippen LogP contribution in [-0.4, -0.2) is 48.2 Å². The molecule has 0 fully saturated rings. The highest BCUT2D eigenvalue weighted by atomic mass is 16.6. The summed E-state index contributed by atoms with van der Waals surface area (Å²) in [6.45, 7) is 6.50. The molecule has 9 heteroatoms. The summed E-state index contributed by atoms with van der Waals surface area (Å²) in [5, 5.41) is 2.53. The fourth-order valence-corrected chi connectivity index (χ4v) is 3.03. The van der Waals surface area contributed by atoms with Crippen molar-refractivity contribution in [3.8, 4) is 17.2 Å². The predicted octanol–water partition coefficient (Wildman–Crippen LogP) is 3.31. The molecular weight excluding hydrogens is 428 g/mol. The van der Waals surface area contributed by atoms with Crippen molar-refractivity contribution in [1.82, 2.24) is 10.3 Å². The maximum absolute atomic E-state index is 12.8. The van der Waals surface area contributed by atoms with Gasteiger partial charge in [0.1, 0.15) is 24.0 Å². The first-order chi connectivity index (χ1) is 15.8. The lowest BCUT2D eigenvalue weighted by Crippen LogP contribution is -2.43. The molecule has 0 spiro atoms. The van der Waals surface area contributed by atoms with E-state index in [2.05, 4.69) is 10.3 Å². The molecule has 0 bridgehead atoms. The summed E-state index contributed by atoms with van der Waals surface area (Å²) < 4.78 is 21.8. The number of para-hydroxylation sites is 1. The number of pyridine rings is 1. The highest BCUT2D eigenvalue weighted by Gasteiger charge is 2.28. The van der Waals surface area contributed by atoms with Crippen LogP contribution in [0.25, 0.3) is 0 Å². The predicted molar refractivity (Wildman–Crippen MR) is 120 cm³/mol. The summed E-state index contributed by atoms with van der Waals surface area (Å²) in [6, 6.07) is 9.72. The van der Waals surface area contributed by atoms with Crippen LogP contribution in [0.2, 0.25) is 0 Å². The maximum Gasteiger partial charge on any atom is 0.328 e. The van der Waals surface area contributed by atoms with Crippen molar-refractivity contribution >= 4 is 17.8 Å². The Bertz CT molecular complexity index is 949. The molecule has 9 nitrogen and oxygen atoms in total. The fraction of sp³-hybridized carbons (Fsp3) is 0.417. The van der Waals surface area contributed by atoms with Crippen molar-refractivity contribution < 1.29 is 33.3 Å². The number of aromatic nitrogens is 1. The smallest absolute Gasteiger partial charge is 0.328 e. The van der Waals surface area contributed by atoms with Crippen LogP contribution in [0.3, 0.4) is 0 Å². The van der Waals surface area contributed by atoms with E-state index in [1.54, 1.807) is 0 Å². The van der Waals surface area contributed by atoms with E-state index in [4.69, 9.17) is 18.9 Å². The normalized spacial score (nSPS) is 13.2. The van der Waals surface area contributed by atoms with Gasteiger partial charge in [-0.25, -0.2) is 9.78 Å². The molecule has 3 atom stereocenters. The van der Waals surface area contributed by atoms with E-state index < -0.39 is 36.1 Å². The molecule has 1 heterocycles. The van der Waals surface area contributed by atoms with E-state index in [0.717, 1.165) is 6.42 Å². The molecule has 2 aromatic rings. The van der Waals surface area contributed by atoms with Crippen LogP contribution >= 0.6 is 0 Å². The van der Waals surface area contributed by atoms with Gasteiger partial charge in [0, 0.05) is 19.2 Å². The SMILES string of the molecule is CCC[C@H](OC(=O)[C@H](C)NC(=O)c1nccc(OC)c1OC(C)=O)[C@H](C)Oc1ccccc1. The third-order valence-electron chi connectivity index (χ3n) is 4.68. The van der Waals surface area contributed by atoms with Gasteiger partial charge in [0.05, 0.1) is 7.11 Å². The van der Waals surface area contributed by atoms with Gasteiger partial charge in [0.2, 0.25) is 5.75 Å². The number of hydrogen-bond acceptors (Lipinski definition) is 8. The van der Waals surface area contributed by atoms with Crippen molar-refractivity contribution in [1.29, 1.82) is 0 Å². The second-order valence-electron chi connectivity index (χ2n) is 7.38. The zero-order valence-electron chi connectivity index (χ0n) is 19.5. The van der Waals surface area contributed by atoms with Crippen molar-refractivity contribution in [2.75, 3.05) is 7.11 Å². The minimum atomic E-state index is -0.987. The van der Waals surface area contributed by atoms with Gasteiger partial charge in [-0.1, -0.05) is 31.5 Å². The first-order valence-corrected chi connectivity index (χ1v) is 10.7. The molecular formula is C24H30N2O7. The van der Waals surface area contributed by atoms with E-state index in [1.165, 1.54) is 33.2 Å². The van der Waals surface area contributed by atoms with Gasteiger partial charge < -0.3 is 24.3 Å². The summed E-state index contributed by atoms with van der Waals surface area (Å²) >= 11 is 0. The third-order valence-corrected chi connectivity index (χ3v) is 4.68. The number of carbonyl (C=O) groups is 3. The van der Waals surface area contributed by atoms with E-state index in [1.807, 2.05) is 44.2 Å². The molecule has 2 rings (SSSR count). The molecule has 1 N–H and O–H groups in total. The molecule has 0 saturated heterocycles. The molecule has 33 heavy (non-hydrogen) atoms. The standard InChI is InChI=1S/C24H30N2O7/c1-6-10-19(16(3)31-18-11-8-7-9-12-18)33-24(29)15(2)26-23(28)21-22(32-17(4)27)20(30-5)13-14-25-21/h7-9,11-16,19H,6,10H2,1-5H3,(H,26,28)/t15-,16-,19-/m0/s1. The number of methoxy groups -OCH3 is 1. The summed E-state index contributed by atoms with van der Waals surface area (Å²) in [4.78, 5) is 40.9. The second-order valence-corrected chi connectivity index (χ2v) is 7.38. The Morgan fingerprint density at radius 3 is 2.39 bits per heavy atom. The topological polar surface area (TPSA) is 113 Å². The first-order valence-electron chi connectivity index (χ1n) is 10.7. The highest BCUT2D eigenvalue weighted by Crippen LogP contribution is 2.29. The number of carbonyl (C=O) groups excluding carboxylic acids is 3. The Hall–Kier alpha value is -3.62. The number of benzene rings is 1. The minimum Gasteiger partial charge on any atom is -0.493 e. The molecule has 1 aromatic carbocycles. The number of nitrogens with one attached hydrogen (secondary N) is 1. The van der Waals surface area contributed by atoms with Crippen LogP contribution in [-0.2, 0) is 14.3 Å². The average Bonchev–Trinajstić information content (AvgIpc) is 2.78. The summed E-state index contributed by atoms with van der Waals surface area (Å²) in [7, 11) is 1.37. The zero-order valence-corrected chi connectivity index (χ0v) is 19.5. The molecule has 0 aliphatic carbocycles. The maximum atomic E-state index is 12.8. The van der Waals surface area contributed by atoms with E-state index >= 15 is 0 Å². The van der Waals surface area contributed by atoms with E-state index in [-0.39, 0.29) is 17.2 Å². The van der Waals surface area contributed by atoms with Crippen LogP contribution in [0.5, 0.6) is 17.2 Å². The molecule has 0 saturated carbocycles. The minimum absolute atomic E-state index is 0.126. The Balaban J connectivity index is 2.07. The van der Waals surface area contributed by atoms with Gasteiger partial charge in [-0.15, -0.1) is 0 Å². The summed E-state index contributed by atoms with van der Waals surface area (Å²) in [6.07, 6.45) is 1.81. The number of esters is 2. The summed E-state index contributed by atoms with van der Waals surface area (Å²) in [5.41, 5.74) is -0.185. The Labute approximate surface area is 193 Å². The first kappa shape index (κ1) is 25.6. The molecule has 0 radical (unpaired) electrons. The molecule has 178 valence electrons. The second kappa shape index (κ2) is 12.4. The number of nitrogens with zero attached hydrogens (tertiary/aromatic N) is 1. The van der Waals surface area contributed by atoms with Crippen LogP contribution in [0.15, 0.2) is 42.6 Å². The average molecular weight is 459 g/mol. The van der Waals surface area contributed by atoms with Gasteiger partial charge in [-0.05, 0) is 32.4 Å². The molecule has 0 aliphatic heterocycles. The number of amides is 1. The lowest BCUT2D eigenvalue weighted by atomic mass is 10.1. The number of ether oxygens (including phenoxy) is 4. The van der Waals surface area contributed by atoms with Crippen LogP contribution in [0.4, 0.5) is 0 Å². The van der Waals surface area contributed by atoms with Crippen LogP contribution in [0, 0.1) is 0 Å². The number of hydrogen-bond donors (Lipinski definition) is 1. The van der Waals surface area contributed by atoms with Gasteiger partial charge in [0.25, 0.3) is 5.91 Å². The van der Waals surface area contributed by atoms with Crippen molar-refractivity contribution in [3.63, 3.8) is 0 Å². The zero-order chi connectivity index (χ0) is 24.4. The van der Waals surface area contributed by atoms with Crippen molar-refractivity contribution in [2.24, 2.45) is 0 Å². The lowest BCUT2D eigenvalue weighted by Gasteiger charge is -2.26. The Kier molecular flexibility index (Phi) is 9.65. The quantitative estimate of drug-likeness (QED) is 0.510. The van der Waals surface area contributed by atoms with Gasteiger partial charge in [-0.3, -0.25) is 9.59 Å². The summed E-state index contributed by atoms with van der Waals surface area (Å²) in [5.74, 6) is -1.27. The molecule has 0 unspecified atom stereocenters. The van der Waals surface area contributed by atoms with Crippen molar-refractivity contribution in [3.05, 3.63) is 48.3 Å². The molecule has 1 amide bonds. The van der Waals surface area contributed by atoms with Crippen LogP contribution in [0.1, 0.15) is 51.0 Å². The fourth-order valence-electron chi connectivity index (χ4n) is 3.03. The number of rotatable bonds is 11. The van der Waals surface area contributed by atoms with Gasteiger partial charge in [0.15, 0.2) is 11.4 Å². The largest absolute Gasteiger partial charge is 0.493 e. The lowest BCUT2D eigenvalue weighted by molar-refractivity contribution is -0.155. The van der Waals surface area contributed by atoms with E-state index in [9.17, 15) is 14.4 Å². The van der Waals surface area contributed by atoms with E-state index in [0.29, 0.717) is 12.2 Å². The Morgan fingerprint density at radius 1 is 1.09 bits per heavy atom. The highest BCUT2D eigenvalue weighted by molar-refractivity contribution is 5.98. The van der Waals surface area contributed by atoms with Gasteiger partial charge >= 0.3 is 11.9 Å². The Morgan fingerprint density at radius 2 is 1.79 bits per heavy atom. The van der Waals surface area contributed by atoms with Crippen molar-refractivity contribution in [2.45, 2.75) is 58.8 Å². The molecule has 0 aliphatic rings. The monoisotopic (exact) mass is 458 g/mol. The molecule has 1 aromatic heterocycles. The third kappa shape index (κ3) is 7.48. The van der Waals surface area contributed by atoms with Gasteiger partial charge in [-0.2, -0.15) is 0 Å². The van der Waals surface area contributed by atoms with Crippen LogP contribution < -0.4 is 19.5 Å².